The molecule has 8 heteroatoms. The maximum absolute atomic E-state index is 12.8. The number of nitrogens with one attached hydrogen (secondary N) is 2. The van der Waals surface area contributed by atoms with E-state index < -0.39 is 0 Å². The number of nitrogens with zero attached hydrogens (tertiary/aromatic N) is 4. The molecule has 1 amide bonds. The summed E-state index contributed by atoms with van der Waals surface area (Å²) < 4.78 is 0. The van der Waals surface area contributed by atoms with E-state index in [0.717, 1.165) is 10.9 Å². The maximum atomic E-state index is 12.8. The molecule has 2 N–H and O–H groups in total. The van der Waals surface area contributed by atoms with Crippen LogP contribution in [0.3, 0.4) is 0 Å². The van der Waals surface area contributed by atoms with Crippen LogP contribution in [0.15, 0.2) is 24.8 Å². The number of nitriles is 1. The van der Waals surface area contributed by atoms with Crippen LogP contribution in [0.1, 0.15) is 30.8 Å². The second-order valence-corrected chi connectivity index (χ2v) is 6.84. The summed E-state index contributed by atoms with van der Waals surface area (Å²) in [5.41, 5.74) is 2.51. The van der Waals surface area contributed by atoms with Crippen LogP contribution in [0.4, 0.5) is 0 Å². The number of rotatable bonds is 6. The molecule has 3 aromatic rings. The van der Waals surface area contributed by atoms with Crippen molar-refractivity contribution in [1.82, 2.24) is 24.8 Å². The monoisotopic (exact) mass is 370 g/mol. The van der Waals surface area contributed by atoms with E-state index in [1.54, 1.807) is 23.4 Å². The number of carbonyl (C=O) groups is 1. The largest absolute Gasteiger partial charge is 0.357 e. The van der Waals surface area contributed by atoms with Gasteiger partial charge in [0, 0.05) is 31.0 Å². The average molecular weight is 371 g/mol. The molecule has 0 aliphatic carbocycles. The highest BCUT2D eigenvalue weighted by Crippen LogP contribution is 2.31. The molecule has 0 atom stereocenters. The van der Waals surface area contributed by atoms with E-state index in [9.17, 15) is 4.79 Å². The van der Waals surface area contributed by atoms with Crippen molar-refractivity contribution < 1.29 is 4.79 Å². The second-order valence-electron chi connectivity index (χ2n) is 6.44. The minimum atomic E-state index is -0.134. The first kappa shape index (κ1) is 18.0. The van der Waals surface area contributed by atoms with Crippen LogP contribution in [-0.4, -0.2) is 43.8 Å². The molecule has 0 radical (unpaired) electrons. The summed E-state index contributed by atoms with van der Waals surface area (Å²) in [6.07, 6.45) is 5.15. The van der Waals surface area contributed by atoms with Crippen molar-refractivity contribution in [2.24, 2.45) is 5.92 Å². The van der Waals surface area contributed by atoms with Crippen molar-refractivity contribution in [3.8, 4) is 17.3 Å². The van der Waals surface area contributed by atoms with Gasteiger partial charge in [-0.05, 0) is 12.0 Å². The van der Waals surface area contributed by atoms with Gasteiger partial charge < -0.3 is 14.9 Å². The molecule has 0 saturated heterocycles. The molecule has 26 heavy (non-hydrogen) atoms. The van der Waals surface area contributed by atoms with E-state index in [2.05, 4.69) is 26.0 Å². The number of fused-ring (bicyclic) bond motifs is 1. The molecule has 3 rings (SSSR count). The lowest BCUT2D eigenvalue weighted by molar-refractivity contribution is 0.0734. The van der Waals surface area contributed by atoms with E-state index in [-0.39, 0.29) is 5.91 Å². The lowest BCUT2D eigenvalue weighted by Crippen LogP contribution is -2.35. The van der Waals surface area contributed by atoms with Gasteiger partial charge in [0.05, 0.1) is 28.6 Å². The molecule has 0 saturated carbocycles. The number of amides is 1. The summed E-state index contributed by atoms with van der Waals surface area (Å²) in [6, 6.07) is 3.85. The van der Waals surface area contributed by atoms with Crippen molar-refractivity contribution >= 4 is 28.5 Å². The minimum absolute atomic E-state index is 0.134. The lowest BCUT2D eigenvalue weighted by atomic mass is 10.1. The first-order valence-corrected chi connectivity index (χ1v) is 8.71. The van der Waals surface area contributed by atoms with E-state index in [1.807, 2.05) is 13.8 Å². The molecule has 0 aliphatic rings. The third-order valence-electron chi connectivity index (χ3n) is 3.97. The third kappa shape index (κ3) is 3.55. The van der Waals surface area contributed by atoms with Crippen LogP contribution in [0, 0.1) is 17.2 Å². The summed E-state index contributed by atoms with van der Waals surface area (Å²) in [7, 11) is 0. The number of hydrogen-bond donors (Lipinski definition) is 2. The molecule has 0 fully saturated rings. The zero-order chi connectivity index (χ0) is 18.7. The van der Waals surface area contributed by atoms with Crippen LogP contribution < -0.4 is 0 Å². The lowest BCUT2D eigenvalue weighted by Gasteiger charge is -2.23. The normalized spacial score (nSPS) is 11.0. The predicted octanol–water partition coefficient (Wildman–Crippen LogP) is 3.62. The average Bonchev–Trinajstić information content (AvgIpc) is 3.25. The van der Waals surface area contributed by atoms with Gasteiger partial charge in [-0.25, -0.2) is 9.97 Å². The van der Waals surface area contributed by atoms with Gasteiger partial charge in [0.2, 0.25) is 0 Å². The number of aromatic amines is 2. The van der Waals surface area contributed by atoms with Crippen molar-refractivity contribution in [2.75, 3.05) is 13.1 Å². The number of carbonyl (C=O) groups excluding carboxylic acids is 1. The third-order valence-corrected chi connectivity index (χ3v) is 4.27. The Labute approximate surface area is 156 Å². The van der Waals surface area contributed by atoms with Gasteiger partial charge in [0.1, 0.15) is 17.7 Å². The summed E-state index contributed by atoms with van der Waals surface area (Å²) in [6.45, 7) is 5.08. The number of aromatic nitrogens is 4. The Hall–Kier alpha value is -2.85. The zero-order valence-electron chi connectivity index (χ0n) is 14.6. The van der Waals surface area contributed by atoms with E-state index in [1.165, 1.54) is 6.33 Å². The summed E-state index contributed by atoms with van der Waals surface area (Å²) in [5, 5.41) is 10.1. The first-order valence-electron chi connectivity index (χ1n) is 8.33. The quantitative estimate of drug-likeness (QED) is 0.691. The van der Waals surface area contributed by atoms with Gasteiger partial charge in [-0.3, -0.25) is 4.79 Å². The van der Waals surface area contributed by atoms with Crippen molar-refractivity contribution in [3.05, 3.63) is 35.5 Å². The van der Waals surface area contributed by atoms with Crippen molar-refractivity contribution in [2.45, 2.75) is 20.3 Å². The van der Waals surface area contributed by atoms with E-state index in [4.69, 9.17) is 16.9 Å². The van der Waals surface area contributed by atoms with Crippen LogP contribution >= 0.6 is 11.6 Å². The Balaban J connectivity index is 1.92. The maximum Gasteiger partial charge on any atom is 0.270 e. The second kappa shape index (κ2) is 7.58. The zero-order valence-corrected chi connectivity index (χ0v) is 15.3. The summed E-state index contributed by atoms with van der Waals surface area (Å²) >= 11 is 6.23. The van der Waals surface area contributed by atoms with Gasteiger partial charge in [-0.1, -0.05) is 25.4 Å². The topological polar surface area (TPSA) is 101 Å². The van der Waals surface area contributed by atoms with Crippen molar-refractivity contribution in [3.63, 3.8) is 0 Å². The van der Waals surface area contributed by atoms with Crippen LogP contribution in [0.5, 0.6) is 0 Å². The van der Waals surface area contributed by atoms with Gasteiger partial charge in [0.15, 0.2) is 0 Å². The van der Waals surface area contributed by atoms with E-state index in [0.29, 0.717) is 47.5 Å². The first-order chi connectivity index (χ1) is 12.5. The highest BCUT2D eigenvalue weighted by Gasteiger charge is 2.20. The van der Waals surface area contributed by atoms with Gasteiger partial charge in [-0.2, -0.15) is 5.26 Å². The smallest absolute Gasteiger partial charge is 0.270 e. The summed E-state index contributed by atoms with van der Waals surface area (Å²) in [5.74, 6) is 0.179. The molecule has 0 aliphatic heterocycles. The minimum Gasteiger partial charge on any atom is -0.357 e. The molecular weight excluding hydrogens is 352 g/mol. The Bertz CT molecular complexity index is 968. The molecule has 0 aromatic carbocycles. The highest BCUT2D eigenvalue weighted by molar-refractivity contribution is 6.36. The number of H-pyrrole nitrogens is 2. The Morgan fingerprint density at radius 1 is 1.35 bits per heavy atom. The molecular formula is C18H19ClN6O. The standard InChI is InChI=1S/C18H19ClN6O/c1-11(2)9-25(5-3-4-20)18(26)14-6-12(7-21-14)16-15-13(19)8-22-17(15)24-10-23-16/h6-8,10-11,21H,3,5,9H2,1-2H3,(H,22,23,24). The van der Waals surface area contributed by atoms with Crippen LogP contribution in [0.25, 0.3) is 22.3 Å². The molecule has 0 bridgehead atoms. The van der Waals surface area contributed by atoms with Crippen LogP contribution in [0.2, 0.25) is 5.02 Å². The van der Waals surface area contributed by atoms with Gasteiger partial charge >= 0.3 is 0 Å². The molecule has 0 spiro atoms. The molecule has 0 unspecified atom stereocenters. The number of hydrogen-bond acceptors (Lipinski definition) is 4. The number of halogens is 1. The molecule has 3 heterocycles. The molecule has 134 valence electrons. The highest BCUT2D eigenvalue weighted by atomic mass is 35.5. The van der Waals surface area contributed by atoms with E-state index >= 15 is 0 Å². The Kier molecular flexibility index (Phi) is 5.24. The fraction of sp³-hybridized carbons (Fsp3) is 0.333. The fourth-order valence-electron chi connectivity index (χ4n) is 2.87. The summed E-state index contributed by atoms with van der Waals surface area (Å²) in [4.78, 5) is 29.0. The van der Waals surface area contributed by atoms with Gasteiger partial charge in [-0.15, -0.1) is 0 Å². The van der Waals surface area contributed by atoms with Crippen molar-refractivity contribution in [1.29, 1.82) is 5.26 Å². The Morgan fingerprint density at radius 3 is 2.88 bits per heavy atom. The fourth-order valence-corrected chi connectivity index (χ4v) is 3.10. The molecule has 7 nitrogen and oxygen atoms in total. The van der Waals surface area contributed by atoms with Crippen LogP contribution in [-0.2, 0) is 0 Å². The molecule has 3 aromatic heterocycles. The SMILES string of the molecule is CC(C)CN(CCC#N)C(=O)c1cc(-c2ncnc3[nH]cc(Cl)c23)c[nH]1. The predicted molar refractivity (Wildman–Crippen MR) is 99.7 cm³/mol. The Morgan fingerprint density at radius 2 is 2.15 bits per heavy atom. The van der Waals surface area contributed by atoms with Gasteiger partial charge in [0.25, 0.3) is 5.91 Å².